The maximum Gasteiger partial charge on any atom is 0.254 e. The Morgan fingerprint density at radius 2 is 1.50 bits per heavy atom. The number of amides is 2. The molecule has 1 N–H and O–H groups in total. The van der Waals surface area contributed by atoms with Crippen LogP contribution in [0.15, 0.2) is 60.7 Å². The maximum absolute atomic E-state index is 13.2. The highest BCUT2D eigenvalue weighted by Crippen LogP contribution is 2.17. The fourth-order valence-electron chi connectivity index (χ4n) is 2.85. The number of carbonyl (C=O) groups is 2. The van der Waals surface area contributed by atoms with Gasteiger partial charge in [-0.15, -0.1) is 0 Å². The van der Waals surface area contributed by atoms with Gasteiger partial charge in [-0.2, -0.15) is 0 Å². The number of hydrogen-bond donors (Lipinski definition) is 1. The first-order chi connectivity index (χ1) is 12.3. The summed E-state index contributed by atoms with van der Waals surface area (Å²) in [6, 6.07) is 18.4. The van der Waals surface area contributed by atoms with Crippen LogP contribution in [0, 0.1) is 0 Å². The molecule has 0 fully saturated rings. The van der Waals surface area contributed by atoms with Gasteiger partial charge in [-0.05, 0) is 44.9 Å². The standard InChI is InChI=1S/C22H28N2O2/c1-5-19(20(25)23-22(2,3)4)24(16-17-12-8-6-9-13-17)21(26)18-14-10-7-11-15-18/h6-15,19H,5,16H2,1-4H3,(H,23,25). The molecule has 0 aromatic heterocycles. The van der Waals surface area contributed by atoms with E-state index >= 15 is 0 Å². The van der Waals surface area contributed by atoms with E-state index in [1.165, 1.54) is 0 Å². The topological polar surface area (TPSA) is 49.4 Å². The Balaban J connectivity index is 2.34. The Labute approximate surface area is 156 Å². The molecule has 0 aliphatic rings. The first-order valence-corrected chi connectivity index (χ1v) is 9.04. The number of nitrogens with one attached hydrogen (secondary N) is 1. The summed E-state index contributed by atoms with van der Waals surface area (Å²) in [4.78, 5) is 27.7. The van der Waals surface area contributed by atoms with Crippen molar-refractivity contribution in [3.05, 3.63) is 71.8 Å². The number of carbonyl (C=O) groups excluding carboxylic acids is 2. The number of nitrogens with zero attached hydrogens (tertiary/aromatic N) is 1. The zero-order valence-corrected chi connectivity index (χ0v) is 16.0. The largest absolute Gasteiger partial charge is 0.350 e. The molecule has 0 bridgehead atoms. The van der Waals surface area contributed by atoms with Crippen molar-refractivity contribution >= 4 is 11.8 Å². The fourth-order valence-corrected chi connectivity index (χ4v) is 2.85. The predicted octanol–water partition coefficient (Wildman–Crippen LogP) is 4.02. The second-order valence-electron chi connectivity index (χ2n) is 7.45. The first-order valence-electron chi connectivity index (χ1n) is 9.04. The minimum Gasteiger partial charge on any atom is -0.350 e. The van der Waals surface area contributed by atoms with Crippen molar-refractivity contribution in [2.45, 2.75) is 52.2 Å². The lowest BCUT2D eigenvalue weighted by atomic mass is 10.0. The van der Waals surface area contributed by atoms with Gasteiger partial charge in [0.2, 0.25) is 5.91 Å². The smallest absolute Gasteiger partial charge is 0.254 e. The Morgan fingerprint density at radius 1 is 0.962 bits per heavy atom. The molecule has 2 aromatic rings. The lowest BCUT2D eigenvalue weighted by molar-refractivity contribution is -0.127. The highest BCUT2D eigenvalue weighted by molar-refractivity contribution is 5.97. The lowest BCUT2D eigenvalue weighted by Gasteiger charge is -2.33. The molecule has 2 rings (SSSR count). The minimum atomic E-state index is -0.526. The van der Waals surface area contributed by atoms with Crippen LogP contribution in [-0.4, -0.2) is 28.3 Å². The normalized spacial score (nSPS) is 12.3. The first kappa shape index (κ1) is 19.7. The molecule has 1 unspecified atom stereocenters. The van der Waals surface area contributed by atoms with Gasteiger partial charge in [-0.25, -0.2) is 0 Å². The maximum atomic E-state index is 13.2. The van der Waals surface area contributed by atoms with Crippen LogP contribution >= 0.6 is 0 Å². The average Bonchev–Trinajstić information content (AvgIpc) is 2.61. The van der Waals surface area contributed by atoms with Gasteiger partial charge in [-0.1, -0.05) is 55.5 Å². The molecule has 2 amide bonds. The Hall–Kier alpha value is -2.62. The Bertz CT molecular complexity index is 721. The molecule has 138 valence electrons. The molecular formula is C22H28N2O2. The van der Waals surface area contributed by atoms with E-state index in [1.807, 2.05) is 76.2 Å². The van der Waals surface area contributed by atoms with E-state index in [9.17, 15) is 9.59 Å². The lowest BCUT2D eigenvalue weighted by Crippen LogP contribution is -2.53. The second kappa shape index (κ2) is 8.65. The zero-order chi connectivity index (χ0) is 19.2. The van der Waals surface area contributed by atoms with Crippen LogP contribution in [-0.2, 0) is 11.3 Å². The molecule has 0 saturated carbocycles. The van der Waals surface area contributed by atoms with Gasteiger partial charge in [0.15, 0.2) is 0 Å². The van der Waals surface area contributed by atoms with Crippen molar-refractivity contribution in [1.29, 1.82) is 0 Å². The SMILES string of the molecule is CCC(C(=O)NC(C)(C)C)N(Cc1ccccc1)C(=O)c1ccccc1. The second-order valence-corrected chi connectivity index (χ2v) is 7.45. The molecule has 0 aliphatic heterocycles. The fraction of sp³-hybridized carbons (Fsp3) is 0.364. The number of rotatable bonds is 6. The highest BCUT2D eigenvalue weighted by atomic mass is 16.2. The van der Waals surface area contributed by atoms with Gasteiger partial charge in [0.05, 0.1) is 0 Å². The van der Waals surface area contributed by atoms with Gasteiger partial charge in [0.25, 0.3) is 5.91 Å². The number of hydrogen-bond acceptors (Lipinski definition) is 2. The van der Waals surface area contributed by atoms with Gasteiger partial charge in [-0.3, -0.25) is 9.59 Å². The van der Waals surface area contributed by atoms with Crippen molar-refractivity contribution < 1.29 is 9.59 Å². The van der Waals surface area contributed by atoms with E-state index in [4.69, 9.17) is 0 Å². The summed E-state index contributed by atoms with van der Waals surface area (Å²) >= 11 is 0. The van der Waals surface area contributed by atoms with Crippen LogP contribution < -0.4 is 5.32 Å². The molecule has 4 heteroatoms. The number of benzene rings is 2. The minimum absolute atomic E-state index is 0.125. The van der Waals surface area contributed by atoms with Crippen LogP contribution in [0.5, 0.6) is 0 Å². The van der Waals surface area contributed by atoms with Crippen LogP contribution in [0.25, 0.3) is 0 Å². The third-order valence-corrected chi connectivity index (χ3v) is 4.04. The van der Waals surface area contributed by atoms with Gasteiger partial charge >= 0.3 is 0 Å². The van der Waals surface area contributed by atoms with E-state index in [0.29, 0.717) is 18.5 Å². The quantitative estimate of drug-likeness (QED) is 0.853. The van der Waals surface area contributed by atoms with Crippen LogP contribution in [0.2, 0.25) is 0 Å². The Kier molecular flexibility index (Phi) is 6.56. The molecule has 0 spiro atoms. The summed E-state index contributed by atoms with van der Waals surface area (Å²) in [5.74, 6) is -0.259. The van der Waals surface area contributed by atoms with Crippen molar-refractivity contribution in [2.24, 2.45) is 0 Å². The summed E-state index contributed by atoms with van der Waals surface area (Å²) in [5.41, 5.74) is 1.24. The molecule has 26 heavy (non-hydrogen) atoms. The monoisotopic (exact) mass is 352 g/mol. The molecule has 0 radical (unpaired) electrons. The van der Waals surface area contributed by atoms with E-state index in [2.05, 4.69) is 5.32 Å². The van der Waals surface area contributed by atoms with E-state index in [1.54, 1.807) is 17.0 Å². The van der Waals surface area contributed by atoms with Gasteiger partial charge in [0.1, 0.15) is 6.04 Å². The van der Waals surface area contributed by atoms with Crippen LogP contribution in [0.4, 0.5) is 0 Å². The molecular weight excluding hydrogens is 324 g/mol. The van der Waals surface area contributed by atoms with Crippen molar-refractivity contribution in [1.82, 2.24) is 10.2 Å². The van der Waals surface area contributed by atoms with E-state index in [0.717, 1.165) is 5.56 Å². The molecule has 0 aliphatic carbocycles. The van der Waals surface area contributed by atoms with Crippen molar-refractivity contribution in [3.63, 3.8) is 0 Å². The summed E-state index contributed by atoms with van der Waals surface area (Å²) in [6.07, 6.45) is 0.549. The zero-order valence-electron chi connectivity index (χ0n) is 16.0. The molecule has 0 saturated heterocycles. The third-order valence-electron chi connectivity index (χ3n) is 4.04. The average molecular weight is 352 g/mol. The van der Waals surface area contributed by atoms with E-state index < -0.39 is 6.04 Å². The third kappa shape index (κ3) is 5.45. The van der Waals surface area contributed by atoms with Gasteiger partial charge in [0, 0.05) is 17.6 Å². The Morgan fingerprint density at radius 3 is 2.00 bits per heavy atom. The van der Waals surface area contributed by atoms with Gasteiger partial charge < -0.3 is 10.2 Å². The summed E-state index contributed by atoms with van der Waals surface area (Å²) in [5, 5.41) is 3.01. The summed E-state index contributed by atoms with van der Waals surface area (Å²) in [7, 11) is 0. The van der Waals surface area contributed by atoms with Crippen molar-refractivity contribution in [3.8, 4) is 0 Å². The van der Waals surface area contributed by atoms with Crippen LogP contribution in [0.1, 0.15) is 50.0 Å². The molecule has 4 nitrogen and oxygen atoms in total. The highest BCUT2D eigenvalue weighted by Gasteiger charge is 2.31. The molecule has 0 heterocycles. The van der Waals surface area contributed by atoms with Crippen LogP contribution in [0.3, 0.4) is 0 Å². The summed E-state index contributed by atoms with van der Waals surface area (Å²) in [6.45, 7) is 8.16. The van der Waals surface area contributed by atoms with Crippen molar-refractivity contribution in [2.75, 3.05) is 0 Å². The molecule has 1 atom stereocenters. The molecule has 2 aromatic carbocycles. The summed E-state index contributed by atoms with van der Waals surface area (Å²) < 4.78 is 0. The van der Waals surface area contributed by atoms with E-state index in [-0.39, 0.29) is 17.4 Å². The predicted molar refractivity (Wildman–Crippen MR) is 105 cm³/mol.